The number of piperazine rings is 1. The summed E-state index contributed by atoms with van der Waals surface area (Å²) < 4.78 is 5.57. The molecule has 0 amide bonds. The van der Waals surface area contributed by atoms with E-state index in [2.05, 4.69) is 57.5 Å². The van der Waals surface area contributed by atoms with Crippen LogP contribution in [0.4, 0.5) is 5.69 Å². The maximum absolute atomic E-state index is 9.38. The summed E-state index contributed by atoms with van der Waals surface area (Å²) in [7, 11) is 1.81. The lowest BCUT2D eigenvalue weighted by Gasteiger charge is -2.37. The molecule has 0 bridgehead atoms. The van der Waals surface area contributed by atoms with Gasteiger partial charge in [-0.1, -0.05) is 12.1 Å². The number of aliphatic hydroxyl groups excluding tert-OH is 1. The van der Waals surface area contributed by atoms with Gasteiger partial charge >= 0.3 is 0 Å². The maximum atomic E-state index is 9.38. The van der Waals surface area contributed by atoms with Crippen molar-refractivity contribution in [3.63, 3.8) is 0 Å². The zero-order chi connectivity index (χ0) is 21.4. The van der Waals surface area contributed by atoms with Crippen molar-refractivity contribution in [1.29, 1.82) is 0 Å². The molecule has 1 unspecified atom stereocenters. The lowest BCUT2D eigenvalue weighted by atomic mass is 9.84. The highest BCUT2D eigenvalue weighted by atomic mass is 127. The standard InChI is InChI=1S/C23H39N5O2.HI/c1-19-5-4-6-21(20(19)2)28-13-11-27(12-14-28)10-9-25-22(24-3)26-17-23(7-15-29)8-16-30-18-23;/h4-6,29H,7-18H2,1-3H3,(H2,24,25,26);1H. The third kappa shape index (κ3) is 7.20. The first kappa shape index (κ1) is 26.2. The Morgan fingerprint density at radius 1 is 1.19 bits per heavy atom. The van der Waals surface area contributed by atoms with Crippen molar-refractivity contribution in [3.05, 3.63) is 29.3 Å². The molecular weight excluding hydrogens is 505 g/mol. The van der Waals surface area contributed by atoms with Gasteiger partial charge in [-0.3, -0.25) is 9.89 Å². The fraction of sp³-hybridized carbons (Fsp3) is 0.696. The van der Waals surface area contributed by atoms with Gasteiger partial charge in [-0.25, -0.2) is 0 Å². The Hall–Kier alpha value is -1.10. The normalized spacial score (nSPS) is 22.3. The van der Waals surface area contributed by atoms with Crippen molar-refractivity contribution in [2.45, 2.75) is 26.7 Å². The summed E-state index contributed by atoms with van der Waals surface area (Å²) >= 11 is 0. The number of nitrogens with zero attached hydrogens (tertiary/aromatic N) is 3. The van der Waals surface area contributed by atoms with Gasteiger partial charge in [0.1, 0.15) is 0 Å². The summed E-state index contributed by atoms with van der Waals surface area (Å²) in [5, 5.41) is 16.3. The highest BCUT2D eigenvalue weighted by Gasteiger charge is 2.34. The zero-order valence-corrected chi connectivity index (χ0v) is 21.7. The summed E-state index contributed by atoms with van der Waals surface area (Å²) in [6.07, 6.45) is 1.75. The first-order chi connectivity index (χ1) is 14.6. The van der Waals surface area contributed by atoms with Crippen molar-refractivity contribution in [2.24, 2.45) is 10.4 Å². The monoisotopic (exact) mass is 545 g/mol. The van der Waals surface area contributed by atoms with Gasteiger partial charge < -0.3 is 25.4 Å². The number of ether oxygens (including phenoxy) is 1. The van der Waals surface area contributed by atoms with E-state index in [0.29, 0.717) is 6.61 Å². The summed E-state index contributed by atoms with van der Waals surface area (Å²) in [6, 6.07) is 6.59. The summed E-state index contributed by atoms with van der Waals surface area (Å²) in [5.74, 6) is 0.827. The topological polar surface area (TPSA) is 72.4 Å². The lowest BCUT2D eigenvalue weighted by molar-refractivity contribution is 0.127. The Kier molecular flexibility index (Phi) is 10.8. The Morgan fingerprint density at radius 2 is 1.97 bits per heavy atom. The molecule has 0 aliphatic carbocycles. The molecule has 0 spiro atoms. The van der Waals surface area contributed by atoms with Crippen molar-refractivity contribution < 1.29 is 9.84 Å². The van der Waals surface area contributed by atoms with Crippen LogP contribution in [0.1, 0.15) is 24.0 Å². The van der Waals surface area contributed by atoms with Crippen molar-refractivity contribution in [3.8, 4) is 0 Å². The first-order valence-corrected chi connectivity index (χ1v) is 11.2. The SMILES string of the molecule is CN=C(NCCN1CCN(c2cccc(C)c2C)CC1)NCC1(CCO)CCOC1.I. The Labute approximate surface area is 204 Å². The molecule has 3 N–H and O–H groups in total. The van der Waals surface area contributed by atoms with Gasteiger partial charge in [-0.2, -0.15) is 0 Å². The number of halogens is 1. The molecule has 2 aliphatic heterocycles. The number of hydrogen-bond acceptors (Lipinski definition) is 5. The van der Waals surface area contributed by atoms with Crippen LogP contribution in [0.15, 0.2) is 23.2 Å². The fourth-order valence-electron chi connectivity index (χ4n) is 4.43. The minimum Gasteiger partial charge on any atom is -0.396 e. The van der Waals surface area contributed by atoms with Crippen LogP contribution in [-0.4, -0.2) is 88.6 Å². The highest BCUT2D eigenvalue weighted by Crippen LogP contribution is 2.31. The summed E-state index contributed by atoms with van der Waals surface area (Å²) in [5.41, 5.74) is 4.17. The third-order valence-electron chi connectivity index (χ3n) is 6.69. The molecule has 7 nitrogen and oxygen atoms in total. The van der Waals surface area contributed by atoms with Crippen LogP contribution in [0.25, 0.3) is 0 Å². The number of anilines is 1. The van der Waals surface area contributed by atoms with Gasteiger partial charge in [0.2, 0.25) is 0 Å². The Bertz CT molecular complexity index is 701. The van der Waals surface area contributed by atoms with Gasteiger partial charge in [0.25, 0.3) is 0 Å². The van der Waals surface area contributed by atoms with E-state index >= 15 is 0 Å². The average molecular weight is 546 g/mol. The van der Waals surface area contributed by atoms with Crippen LogP contribution in [-0.2, 0) is 4.74 Å². The highest BCUT2D eigenvalue weighted by molar-refractivity contribution is 14.0. The second kappa shape index (κ2) is 12.8. The van der Waals surface area contributed by atoms with E-state index in [9.17, 15) is 5.11 Å². The fourth-order valence-corrected chi connectivity index (χ4v) is 4.43. The predicted molar refractivity (Wildman–Crippen MR) is 139 cm³/mol. The van der Waals surface area contributed by atoms with Gasteiger partial charge in [-0.15, -0.1) is 24.0 Å². The number of nitrogens with one attached hydrogen (secondary N) is 2. The van der Waals surface area contributed by atoms with Crippen LogP contribution in [0.5, 0.6) is 0 Å². The number of aliphatic imine (C=N–C) groups is 1. The number of rotatable bonds is 8. The molecule has 0 radical (unpaired) electrons. The minimum atomic E-state index is 0. The van der Waals surface area contributed by atoms with Gasteiger partial charge in [0, 0.05) is 77.2 Å². The largest absolute Gasteiger partial charge is 0.396 e. The van der Waals surface area contributed by atoms with E-state index in [-0.39, 0.29) is 36.0 Å². The lowest BCUT2D eigenvalue weighted by Crippen LogP contribution is -2.50. The predicted octanol–water partition coefficient (Wildman–Crippen LogP) is 2.00. The zero-order valence-electron chi connectivity index (χ0n) is 19.3. The molecule has 8 heteroatoms. The molecule has 31 heavy (non-hydrogen) atoms. The molecule has 2 saturated heterocycles. The second-order valence-electron chi connectivity index (χ2n) is 8.68. The number of aryl methyl sites for hydroxylation is 1. The van der Waals surface area contributed by atoms with Gasteiger partial charge in [0.15, 0.2) is 5.96 Å². The summed E-state index contributed by atoms with van der Waals surface area (Å²) in [6.45, 7) is 13.1. The molecule has 0 aromatic heterocycles. The molecule has 2 heterocycles. The minimum absolute atomic E-state index is 0. The number of aliphatic hydroxyl groups is 1. The third-order valence-corrected chi connectivity index (χ3v) is 6.69. The number of guanidine groups is 1. The summed E-state index contributed by atoms with van der Waals surface area (Å²) in [4.78, 5) is 9.38. The van der Waals surface area contributed by atoms with Crippen LogP contribution in [0, 0.1) is 19.3 Å². The molecule has 0 saturated carbocycles. The van der Waals surface area contributed by atoms with E-state index < -0.39 is 0 Å². The Morgan fingerprint density at radius 3 is 2.61 bits per heavy atom. The average Bonchev–Trinajstić information content (AvgIpc) is 3.22. The van der Waals surface area contributed by atoms with E-state index in [1.165, 1.54) is 16.8 Å². The van der Waals surface area contributed by atoms with Crippen molar-refractivity contribution >= 4 is 35.6 Å². The van der Waals surface area contributed by atoms with Gasteiger partial charge in [0.05, 0.1) is 6.61 Å². The molecule has 1 atom stereocenters. The van der Waals surface area contributed by atoms with Crippen LogP contribution < -0.4 is 15.5 Å². The molecule has 2 aliphatic rings. The molecule has 176 valence electrons. The first-order valence-electron chi connectivity index (χ1n) is 11.2. The quantitative estimate of drug-likeness (QED) is 0.264. The molecular formula is C23H40IN5O2. The Balaban J connectivity index is 0.00000341. The van der Waals surface area contributed by atoms with E-state index in [1.807, 2.05) is 7.05 Å². The second-order valence-corrected chi connectivity index (χ2v) is 8.68. The molecule has 3 rings (SSSR count). The van der Waals surface area contributed by atoms with Crippen LogP contribution in [0.3, 0.4) is 0 Å². The van der Waals surface area contributed by atoms with Crippen molar-refractivity contribution in [2.75, 3.05) is 77.6 Å². The number of hydrogen-bond donors (Lipinski definition) is 3. The van der Waals surface area contributed by atoms with Gasteiger partial charge in [-0.05, 0) is 43.9 Å². The number of benzene rings is 1. The van der Waals surface area contributed by atoms with Crippen LogP contribution >= 0.6 is 24.0 Å². The smallest absolute Gasteiger partial charge is 0.191 e. The molecule has 1 aromatic rings. The van der Waals surface area contributed by atoms with Crippen molar-refractivity contribution in [1.82, 2.24) is 15.5 Å². The van der Waals surface area contributed by atoms with E-state index in [0.717, 1.165) is 71.2 Å². The molecule has 2 fully saturated rings. The molecule has 1 aromatic carbocycles. The maximum Gasteiger partial charge on any atom is 0.191 e. The van der Waals surface area contributed by atoms with Crippen LogP contribution in [0.2, 0.25) is 0 Å². The van der Waals surface area contributed by atoms with E-state index in [4.69, 9.17) is 4.74 Å². The van der Waals surface area contributed by atoms with E-state index in [1.54, 1.807) is 0 Å².